The summed E-state index contributed by atoms with van der Waals surface area (Å²) in [6, 6.07) is 0.400. The van der Waals surface area contributed by atoms with E-state index in [4.69, 9.17) is 16.3 Å². The molecule has 0 aliphatic carbocycles. The van der Waals surface area contributed by atoms with E-state index in [0.717, 1.165) is 19.4 Å². The average molecular weight is 263 g/mol. The van der Waals surface area contributed by atoms with Gasteiger partial charge in [0.05, 0.1) is 6.10 Å². The third-order valence-electron chi connectivity index (χ3n) is 3.37. The number of likely N-dealkylation sites (N-methyl/N-ethyl adjacent to an activating group) is 1. The molecule has 2 atom stereocenters. The highest BCUT2D eigenvalue weighted by Crippen LogP contribution is 2.18. The highest BCUT2D eigenvalue weighted by molar-refractivity contribution is 6.17. The molecule has 1 heterocycles. The van der Waals surface area contributed by atoms with Crippen molar-refractivity contribution in [1.29, 1.82) is 0 Å². The first-order valence-electron chi connectivity index (χ1n) is 6.13. The molecule has 0 aromatic heterocycles. The predicted octanol–water partition coefficient (Wildman–Crippen LogP) is 1.18. The van der Waals surface area contributed by atoms with Crippen LogP contribution in [0.4, 0.5) is 0 Å². The Bertz CT molecular complexity index is 249. The summed E-state index contributed by atoms with van der Waals surface area (Å²) in [4.78, 5) is 16.0. The van der Waals surface area contributed by atoms with Gasteiger partial charge in [0.2, 0.25) is 5.91 Å². The zero-order chi connectivity index (χ0) is 12.8. The van der Waals surface area contributed by atoms with E-state index in [1.807, 2.05) is 4.90 Å². The van der Waals surface area contributed by atoms with Crippen LogP contribution in [0.15, 0.2) is 0 Å². The summed E-state index contributed by atoms with van der Waals surface area (Å²) < 4.78 is 5.49. The van der Waals surface area contributed by atoms with Gasteiger partial charge in [0.25, 0.3) is 0 Å². The van der Waals surface area contributed by atoms with Crippen molar-refractivity contribution in [1.82, 2.24) is 9.80 Å². The third-order valence-corrected chi connectivity index (χ3v) is 3.63. The molecule has 1 saturated heterocycles. The summed E-state index contributed by atoms with van der Waals surface area (Å²) in [7, 11) is 5.83. The van der Waals surface area contributed by atoms with Crippen molar-refractivity contribution < 1.29 is 9.53 Å². The van der Waals surface area contributed by atoms with E-state index in [1.165, 1.54) is 0 Å². The van der Waals surface area contributed by atoms with Crippen LogP contribution >= 0.6 is 11.6 Å². The number of rotatable bonds is 5. The third kappa shape index (κ3) is 4.12. The number of hydrogen-bond acceptors (Lipinski definition) is 3. The van der Waals surface area contributed by atoms with Crippen molar-refractivity contribution in [2.75, 3.05) is 40.2 Å². The maximum Gasteiger partial charge on any atom is 0.222 e. The first-order valence-corrected chi connectivity index (χ1v) is 6.66. The predicted molar refractivity (Wildman–Crippen MR) is 69.4 cm³/mol. The van der Waals surface area contributed by atoms with Gasteiger partial charge in [-0.05, 0) is 26.9 Å². The summed E-state index contributed by atoms with van der Waals surface area (Å²) in [5, 5.41) is 0. The molecular weight excluding hydrogens is 240 g/mol. The molecule has 0 unspecified atom stereocenters. The van der Waals surface area contributed by atoms with Crippen LogP contribution in [0, 0.1) is 0 Å². The summed E-state index contributed by atoms with van der Waals surface area (Å²) in [6.45, 7) is 1.52. The maximum absolute atomic E-state index is 11.9. The van der Waals surface area contributed by atoms with Crippen LogP contribution in [0.25, 0.3) is 0 Å². The van der Waals surface area contributed by atoms with Crippen molar-refractivity contribution in [3.05, 3.63) is 0 Å². The van der Waals surface area contributed by atoms with Crippen molar-refractivity contribution >= 4 is 17.5 Å². The van der Waals surface area contributed by atoms with Gasteiger partial charge in [0.1, 0.15) is 0 Å². The topological polar surface area (TPSA) is 32.8 Å². The summed E-state index contributed by atoms with van der Waals surface area (Å²) in [6.07, 6.45) is 2.38. The molecule has 1 aliphatic rings. The zero-order valence-corrected chi connectivity index (χ0v) is 11.7. The summed E-state index contributed by atoms with van der Waals surface area (Å²) in [5.41, 5.74) is 0. The first kappa shape index (κ1) is 14.7. The Balaban J connectivity index is 2.50. The van der Waals surface area contributed by atoms with Gasteiger partial charge in [-0.3, -0.25) is 4.79 Å². The molecule has 0 spiro atoms. The Kier molecular flexibility index (Phi) is 6.23. The average Bonchev–Trinajstić information content (AvgIpc) is 2.34. The van der Waals surface area contributed by atoms with Crippen LogP contribution in [0.1, 0.15) is 19.3 Å². The lowest BCUT2D eigenvalue weighted by Gasteiger charge is -2.40. The number of alkyl halides is 1. The standard InChI is InChI=1S/C12H23ClN2O2/c1-14(2)10-6-8-15(9-11(10)17-3)12(16)5-4-7-13/h10-11H,4-9H2,1-3H3/t10-,11+/m0/s1. The molecule has 5 heteroatoms. The maximum atomic E-state index is 11.9. The van der Waals surface area contributed by atoms with Gasteiger partial charge in [-0.2, -0.15) is 0 Å². The molecule has 4 nitrogen and oxygen atoms in total. The minimum Gasteiger partial charge on any atom is -0.378 e. The SMILES string of the molecule is CO[C@@H]1CN(C(=O)CCCCl)CC[C@@H]1N(C)C. The molecule has 1 amide bonds. The van der Waals surface area contributed by atoms with Crippen molar-refractivity contribution in [3.8, 4) is 0 Å². The second-order valence-electron chi connectivity index (χ2n) is 4.73. The number of likely N-dealkylation sites (tertiary alicyclic amines) is 1. The van der Waals surface area contributed by atoms with Crippen molar-refractivity contribution in [3.63, 3.8) is 0 Å². The smallest absolute Gasteiger partial charge is 0.222 e. The quantitative estimate of drug-likeness (QED) is 0.698. The number of methoxy groups -OCH3 is 1. The van der Waals surface area contributed by atoms with Gasteiger partial charge < -0.3 is 14.5 Å². The van der Waals surface area contributed by atoms with Crippen LogP contribution in [0.2, 0.25) is 0 Å². The molecule has 1 aliphatic heterocycles. The van der Waals surface area contributed by atoms with Gasteiger partial charge in [-0.25, -0.2) is 0 Å². The van der Waals surface area contributed by atoms with Gasteiger partial charge >= 0.3 is 0 Å². The molecule has 0 aromatic carbocycles. The molecule has 0 radical (unpaired) electrons. The van der Waals surface area contributed by atoms with Gasteiger partial charge in [-0.15, -0.1) is 11.6 Å². The fourth-order valence-electron chi connectivity index (χ4n) is 2.33. The van der Waals surface area contributed by atoms with Gasteiger partial charge in [-0.1, -0.05) is 0 Å². The highest BCUT2D eigenvalue weighted by Gasteiger charge is 2.32. The molecule has 0 aromatic rings. The summed E-state index contributed by atoms with van der Waals surface area (Å²) >= 11 is 5.60. The molecule has 0 bridgehead atoms. The molecule has 1 rings (SSSR count). The number of carbonyl (C=O) groups excluding carboxylic acids is 1. The van der Waals surface area contributed by atoms with E-state index in [9.17, 15) is 4.79 Å². The second-order valence-corrected chi connectivity index (χ2v) is 5.10. The largest absolute Gasteiger partial charge is 0.378 e. The Morgan fingerprint density at radius 3 is 2.76 bits per heavy atom. The molecule has 0 saturated carbocycles. The van der Waals surface area contributed by atoms with E-state index in [2.05, 4.69) is 19.0 Å². The molecule has 1 fully saturated rings. The van der Waals surface area contributed by atoms with Crippen LogP contribution < -0.4 is 0 Å². The number of amides is 1. The van der Waals surface area contributed by atoms with E-state index < -0.39 is 0 Å². The second kappa shape index (κ2) is 7.19. The Labute approximate surface area is 109 Å². The Morgan fingerprint density at radius 2 is 2.24 bits per heavy atom. The van der Waals surface area contributed by atoms with E-state index in [0.29, 0.717) is 24.9 Å². The van der Waals surface area contributed by atoms with Crippen molar-refractivity contribution in [2.24, 2.45) is 0 Å². The zero-order valence-electron chi connectivity index (χ0n) is 11.0. The van der Waals surface area contributed by atoms with Crippen LogP contribution in [-0.2, 0) is 9.53 Å². The summed E-state index contributed by atoms with van der Waals surface area (Å²) in [5.74, 6) is 0.748. The molecule has 0 N–H and O–H groups in total. The number of halogens is 1. The Morgan fingerprint density at radius 1 is 1.53 bits per heavy atom. The number of piperidine rings is 1. The van der Waals surface area contributed by atoms with Crippen LogP contribution in [0.3, 0.4) is 0 Å². The number of nitrogens with zero attached hydrogens (tertiary/aromatic N) is 2. The number of carbonyl (C=O) groups is 1. The normalized spacial score (nSPS) is 25.4. The number of ether oxygens (including phenoxy) is 1. The monoisotopic (exact) mass is 262 g/mol. The molecular formula is C12H23ClN2O2. The first-order chi connectivity index (χ1) is 8.10. The van der Waals surface area contributed by atoms with E-state index >= 15 is 0 Å². The fraction of sp³-hybridized carbons (Fsp3) is 0.917. The van der Waals surface area contributed by atoms with Crippen molar-refractivity contribution in [2.45, 2.75) is 31.4 Å². The minimum atomic E-state index is 0.110. The number of hydrogen-bond donors (Lipinski definition) is 0. The minimum absolute atomic E-state index is 0.110. The lowest BCUT2D eigenvalue weighted by Crippen LogP contribution is -2.54. The molecule has 17 heavy (non-hydrogen) atoms. The lowest BCUT2D eigenvalue weighted by atomic mass is 10.0. The van der Waals surface area contributed by atoms with E-state index in [-0.39, 0.29) is 12.0 Å². The highest BCUT2D eigenvalue weighted by atomic mass is 35.5. The van der Waals surface area contributed by atoms with Crippen LogP contribution in [0.5, 0.6) is 0 Å². The fourth-order valence-corrected chi connectivity index (χ4v) is 2.46. The van der Waals surface area contributed by atoms with Gasteiger partial charge in [0, 0.05) is 38.5 Å². The molecule has 100 valence electrons. The Hall–Kier alpha value is -0.320. The van der Waals surface area contributed by atoms with Gasteiger partial charge in [0.15, 0.2) is 0 Å². The lowest BCUT2D eigenvalue weighted by molar-refractivity contribution is -0.136. The van der Waals surface area contributed by atoms with Crippen LogP contribution in [-0.4, -0.2) is 68.0 Å². The van der Waals surface area contributed by atoms with E-state index in [1.54, 1.807) is 7.11 Å².